The predicted molar refractivity (Wildman–Crippen MR) is 85.0 cm³/mol. The molecule has 2 heterocycles. The Kier molecular flexibility index (Phi) is 4.64. The molecule has 1 amide bonds. The summed E-state index contributed by atoms with van der Waals surface area (Å²) in [6, 6.07) is 5.35. The maximum absolute atomic E-state index is 11.7. The molecular weight excluding hydrogens is 316 g/mol. The van der Waals surface area contributed by atoms with Crippen molar-refractivity contribution in [3.8, 4) is 29.1 Å². The van der Waals surface area contributed by atoms with Crippen LogP contribution in [0.1, 0.15) is 15.5 Å². The van der Waals surface area contributed by atoms with Gasteiger partial charge in [0.2, 0.25) is 6.79 Å². The quantitative estimate of drug-likeness (QED) is 0.868. The molecule has 0 saturated carbocycles. The molecule has 0 radical (unpaired) electrons. The largest absolute Gasteiger partial charge is 0.481 e. The van der Waals surface area contributed by atoms with Crippen molar-refractivity contribution in [1.82, 2.24) is 10.3 Å². The van der Waals surface area contributed by atoms with Gasteiger partial charge in [-0.25, -0.2) is 4.98 Å². The Bertz CT molecular complexity index is 776. The van der Waals surface area contributed by atoms with Crippen molar-refractivity contribution < 1.29 is 19.0 Å². The number of nitrogens with one attached hydrogen (secondary N) is 1. The van der Waals surface area contributed by atoms with E-state index in [4.69, 9.17) is 14.2 Å². The third kappa shape index (κ3) is 3.93. The summed E-state index contributed by atoms with van der Waals surface area (Å²) in [6.07, 6.45) is 0. The first-order chi connectivity index (χ1) is 11.2. The fraction of sp³-hybridized carbons (Fsp3) is 0.250. The SMILES string of the molecule is Cc1nc(C(=O)NCC#CCOc2ccc3c(c2)OCO3)cs1. The molecule has 23 heavy (non-hydrogen) atoms. The van der Waals surface area contributed by atoms with Gasteiger partial charge in [-0.05, 0) is 19.1 Å². The molecule has 118 valence electrons. The molecule has 6 nitrogen and oxygen atoms in total. The molecule has 1 N–H and O–H groups in total. The van der Waals surface area contributed by atoms with E-state index in [0.717, 1.165) is 5.01 Å². The van der Waals surface area contributed by atoms with Gasteiger partial charge in [-0.15, -0.1) is 11.3 Å². The Morgan fingerprint density at radius 2 is 2.26 bits per heavy atom. The smallest absolute Gasteiger partial charge is 0.271 e. The highest BCUT2D eigenvalue weighted by atomic mass is 32.1. The molecule has 0 bridgehead atoms. The highest BCUT2D eigenvalue weighted by molar-refractivity contribution is 7.09. The van der Waals surface area contributed by atoms with Crippen LogP contribution in [0.15, 0.2) is 23.6 Å². The Morgan fingerprint density at radius 1 is 1.39 bits per heavy atom. The number of amides is 1. The van der Waals surface area contributed by atoms with Gasteiger partial charge >= 0.3 is 0 Å². The van der Waals surface area contributed by atoms with Crippen LogP contribution in [-0.4, -0.2) is 30.8 Å². The van der Waals surface area contributed by atoms with Crippen molar-refractivity contribution in [1.29, 1.82) is 0 Å². The van der Waals surface area contributed by atoms with Gasteiger partial charge in [0.1, 0.15) is 18.1 Å². The van der Waals surface area contributed by atoms with Gasteiger partial charge in [0.25, 0.3) is 5.91 Å². The fourth-order valence-electron chi connectivity index (χ4n) is 1.88. The van der Waals surface area contributed by atoms with Crippen LogP contribution < -0.4 is 19.5 Å². The first kappa shape index (κ1) is 15.2. The number of ether oxygens (including phenoxy) is 3. The second-order valence-corrected chi connectivity index (χ2v) is 5.65. The van der Waals surface area contributed by atoms with Crippen molar-refractivity contribution >= 4 is 17.2 Å². The van der Waals surface area contributed by atoms with E-state index in [2.05, 4.69) is 22.1 Å². The van der Waals surface area contributed by atoms with Gasteiger partial charge in [-0.3, -0.25) is 4.79 Å². The van der Waals surface area contributed by atoms with Gasteiger partial charge in [0.15, 0.2) is 11.5 Å². The first-order valence-electron chi connectivity index (χ1n) is 6.91. The number of fused-ring (bicyclic) bond motifs is 1. The molecule has 1 aliphatic rings. The van der Waals surface area contributed by atoms with Crippen LogP contribution in [-0.2, 0) is 0 Å². The maximum Gasteiger partial charge on any atom is 0.271 e. The number of carbonyl (C=O) groups excluding carboxylic acids is 1. The summed E-state index contributed by atoms with van der Waals surface area (Å²) < 4.78 is 16.0. The lowest BCUT2D eigenvalue weighted by molar-refractivity contribution is 0.0954. The summed E-state index contributed by atoms with van der Waals surface area (Å²) in [5.74, 6) is 7.48. The topological polar surface area (TPSA) is 69.7 Å². The van der Waals surface area contributed by atoms with Gasteiger partial charge < -0.3 is 19.5 Å². The Labute approximate surface area is 137 Å². The van der Waals surface area contributed by atoms with E-state index in [0.29, 0.717) is 22.9 Å². The molecule has 0 fully saturated rings. The predicted octanol–water partition coefficient (Wildman–Crippen LogP) is 1.99. The van der Waals surface area contributed by atoms with Crippen LogP contribution in [0.3, 0.4) is 0 Å². The summed E-state index contributed by atoms with van der Waals surface area (Å²) in [5.41, 5.74) is 0.422. The van der Waals surface area contributed by atoms with Crippen LogP contribution >= 0.6 is 11.3 Å². The molecule has 1 aromatic carbocycles. The minimum absolute atomic E-state index is 0.222. The Hall–Kier alpha value is -2.72. The summed E-state index contributed by atoms with van der Waals surface area (Å²) in [4.78, 5) is 15.8. The second-order valence-electron chi connectivity index (χ2n) is 4.59. The zero-order chi connectivity index (χ0) is 16.1. The zero-order valence-electron chi connectivity index (χ0n) is 12.4. The zero-order valence-corrected chi connectivity index (χ0v) is 13.2. The van der Waals surface area contributed by atoms with E-state index in [1.165, 1.54) is 11.3 Å². The first-order valence-corrected chi connectivity index (χ1v) is 7.79. The number of hydrogen-bond donors (Lipinski definition) is 1. The van der Waals surface area contributed by atoms with E-state index in [-0.39, 0.29) is 25.9 Å². The Morgan fingerprint density at radius 3 is 3.09 bits per heavy atom. The van der Waals surface area contributed by atoms with Crippen LogP contribution in [0.5, 0.6) is 17.2 Å². The number of hydrogen-bond acceptors (Lipinski definition) is 6. The lowest BCUT2D eigenvalue weighted by Crippen LogP contribution is -2.23. The number of benzene rings is 1. The fourth-order valence-corrected chi connectivity index (χ4v) is 2.48. The molecule has 1 aromatic heterocycles. The second kappa shape index (κ2) is 7.03. The lowest BCUT2D eigenvalue weighted by atomic mass is 10.3. The minimum Gasteiger partial charge on any atom is -0.481 e. The number of nitrogens with zero attached hydrogens (tertiary/aromatic N) is 1. The molecule has 2 aromatic rings. The van der Waals surface area contributed by atoms with Gasteiger partial charge in [-0.1, -0.05) is 11.8 Å². The van der Waals surface area contributed by atoms with Gasteiger partial charge in [0.05, 0.1) is 11.6 Å². The molecule has 3 rings (SSSR count). The molecule has 0 spiro atoms. The van der Waals surface area contributed by atoms with E-state index in [1.807, 2.05) is 6.92 Å². The van der Waals surface area contributed by atoms with Crippen LogP contribution in [0, 0.1) is 18.8 Å². The average Bonchev–Trinajstić information content (AvgIpc) is 3.18. The normalized spacial score (nSPS) is 11.5. The standard InChI is InChI=1S/C16H14N2O4S/c1-11-18-13(9-23-11)16(19)17-6-2-3-7-20-12-4-5-14-15(8-12)22-10-21-14/h4-5,8-9H,6-7,10H2,1H3,(H,17,19). The molecule has 7 heteroatoms. The molecule has 0 saturated heterocycles. The van der Waals surface area contributed by atoms with E-state index < -0.39 is 0 Å². The van der Waals surface area contributed by atoms with Crippen LogP contribution in [0.2, 0.25) is 0 Å². The number of aryl methyl sites for hydroxylation is 1. The van der Waals surface area contributed by atoms with Crippen molar-refractivity contribution in [3.63, 3.8) is 0 Å². The van der Waals surface area contributed by atoms with E-state index in [9.17, 15) is 4.79 Å². The summed E-state index contributed by atoms with van der Waals surface area (Å²) >= 11 is 1.44. The van der Waals surface area contributed by atoms with Crippen molar-refractivity contribution in [2.75, 3.05) is 19.9 Å². The minimum atomic E-state index is -0.222. The highest BCUT2D eigenvalue weighted by Gasteiger charge is 2.13. The van der Waals surface area contributed by atoms with Crippen molar-refractivity contribution in [2.24, 2.45) is 0 Å². The third-order valence-corrected chi connectivity index (χ3v) is 3.74. The number of aromatic nitrogens is 1. The molecule has 0 atom stereocenters. The average molecular weight is 330 g/mol. The van der Waals surface area contributed by atoms with Gasteiger partial charge in [0, 0.05) is 11.4 Å². The maximum atomic E-state index is 11.7. The highest BCUT2D eigenvalue weighted by Crippen LogP contribution is 2.34. The van der Waals surface area contributed by atoms with E-state index >= 15 is 0 Å². The number of carbonyl (C=O) groups is 1. The summed E-state index contributed by atoms with van der Waals surface area (Å²) in [6.45, 7) is 2.57. The Balaban J connectivity index is 1.41. The summed E-state index contributed by atoms with van der Waals surface area (Å²) in [5, 5.41) is 5.27. The molecule has 0 unspecified atom stereocenters. The monoisotopic (exact) mass is 330 g/mol. The van der Waals surface area contributed by atoms with Crippen molar-refractivity contribution in [2.45, 2.75) is 6.92 Å². The summed E-state index contributed by atoms with van der Waals surface area (Å²) in [7, 11) is 0. The lowest BCUT2D eigenvalue weighted by Gasteiger charge is -2.02. The van der Waals surface area contributed by atoms with Crippen LogP contribution in [0.4, 0.5) is 0 Å². The van der Waals surface area contributed by atoms with Gasteiger partial charge in [-0.2, -0.15) is 0 Å². The number of rotatable bonds is 4. The molecular formula is C16H14N2O4S. The number of thiazole rings is 1. The van der Waals surface area contributed by atoms with Crippen LogP contribution in [0.25, 0.3) is 0 Å². The third-order valence-electron chi connectivity index (χ3n) is 2.97. The van der Waals surface area contributed by atoms with Crippen molar-refractivity contribution in [3.05, 3.63) is 34.3 Å². The molecule has 0 aliphatic carbocycles. The van der Waals surface area contributed by atoms with E-state index in [1.54, 1.807) is 23.6 Å². The molecule has 1 aliphatic heterocycles.